The van der Waals surface area contributed by atoms with Gasteiger partial charge in [-0.1, -0.05) is 6.07 Å². The Labute approximate surface area is 156 Å². The van der Waals surface area contributed by atoms with E-state index >= 15 is 0 Å². The fourth-order valence-electron chi connectivity index (χ4n) is 3.35. The Morgan fingerprint density at radius 1 is 0.769 bits per heavy atom. The minimum absolute atomic E-state index is 0.782. The fraction of sp³-hybridized carbons (Fsp3) is 0.429. The van der Waals surface area contributed by atoms with Crippen LogP contribution in [0.25, 0.3) is 0 Å². The lowest BCUT2D eigenvalue weighted by atomic mass is 10.1. The van der Waals surface area contributed by atoms with Crippen molar-refractivity contribution in [2.45, 2.75) is 6.42 Å². The normalized spacial score (nSPS) is 15.0. The molecule has 0 amide bonds. The zero-order chi connectivity index (χ0) is 18.4. The molecule has 2 aromatic rings. The third-order valence-corrected chi connectivity index (χ3v) is 4.97. The molecule has 0 N–H and O–H groups in total. The van der Waals surface area contributed by atoms with Crippen molar-refractivity contribution in [1.82, 2.24) is 4.90 Å². The predicted octanol–water partition coefficient (Wildman–Crippen LogP) is 3.08. The van der Waals surface area contributed by atoms with Crippen LogP contribution in [-0.2, 0) is 6.42 Å². The molecule has 0 aliphatic carbocycles. The van der Waals surface area contributed by atoms with Crippen LogP contribution < -0.4 is 19.1 Å². The smallest absolute Gasteiger partial charge is 0.160 e. The summed E-state index contributed by atoms with van der Waals surface area (Å²) in [7, 11) is 5.05. The van der Waals surface area contributed by atoms with E-state index in [1.807, 2.05) is 18.2 Å². The Morgan fingerprint density at radius 3 is 2.08 bits per heavy atom. The van der Waals surface area contributed by atoms with Crippen LogP contribution in [0.2, 0.25) is 0 Å². The maximum Gasteiger partial charge on any atom is 0.160 e. The first-order chi connectivity index (χ1) is 12.7. The summed E-state index contributed by atoms with van der Waals surface area (Å²) in [6.07, 6.45) is 1.02. The van der Waals surface area contributed by atoms with Gasteiger partial charge < -0.3 is 19.1 Å². The van der Waals surface area contributed by atoms with Gasteiger partial charge in [0.2, 0.25) is 0 Å². The quantitative estimate of drug-likeness (QED) is 0.762. The number of hydrogen-bond acceptors (Lipinski definition) is 5. The number of methoxy groups -OCH3 is 3. The second-order valence-electron chi connectivity index (χ2n) is 6.47. The molecular formula is C21H28N2O3. The largest absolute Gasteiger partial charge is 0.497 e. The van der Waals surface area contributed by atoms with Crippen LogP contribution in [0.5, 0.6) is 17.2 Å². The molecule has 1 aliphatic heterocycles. The van der Waals surface area contributed by atoms with Gasteiger partial charge in [-0.15, -0.1) is 0 Å². The van der Waals surface area contributed by atoms with E-state index < -0.39 is 0 Å². The summed E-state index contributed by atoms with van der Waals surface area (Å²) in [6, 6.07) is 14.5. The van der Waals surface area contributed by atoms with Gasteiger partial charge in [0.1, 0.15) is 5.75 Å². The molecule has 0 spiro atoms. The van der Waals surface area contributed by atoms with E-state index in [1.165, 1.54) is 11.3 Å². The first-order valence-corrected chi connectivity index (χ1v) is 9.05. The standard InChI is InChI=1S/C21H28N2O3/c1-24-19-7-5-18(6-8-19)23-14-12-22(13-15-23)11-10-17-4-9-20(25-2)21(16-17)26-3/h4-9,16H,10-15H2,1-3H3. The molecule has 0 radical (unpaired) electrons. The van der Waals surface area contributed by atoms with E-state index in [0.29, 0.717) is 0 Å². The molecule has 3 rings (SSSR count). The van der Waals surface area contributed by atoms with E-state index in [0.717, 1.165) is 56.4 Å². The molecule has 5 heteroatoms. The molecule has 26 heavy (non-hydrogen) atoms. The fourth-order valence-corrected chi connectivity index (χ4v) is 3.35. The summed E-state index contributed by atoms with van der Waals surface area (Å²) >= 11 is 0. The average molecular weight is 356 g/mol. The number of piperazine rings is 1. The van der Waals surface area contributed by atoms with Crippen molar-refractivity contribution in [3.05, 3.63) is 48.0 Å². The Bertz CT molecular complexity index is 695. The molecular weight excluding hydrogens is 328 g/mol. The van der Waals surface area contributed by atoms with E-state index in [-0.39, 0.29) is 0 Å². The highest BCUT2D eigenvalue weighted by atomic mass is 16.5. The van der Waals surface area contributed by atoms with Gasteiger partial charge in [-0.25, -0.2) is 0 Å². The number of hydrogen-bond donors (Lipinski definition) is 0. The van der Waals surface area contributed by atoms with Gasteiger partial charge in [0.05, 0.1) is 21.3 Å². The minimum atomic E-state index is 0.782. The third kappa shape index (κ3) is 4.41. The van der Waals surface area contributed by atoms with Gasteiger partial charge >= 0.3 is 0 Å². The SMILES string of the molecule is COc1ccc(N2CCN(CCc3ccc(OC)c(OC)c3)CC2)cc1. The second kappa shape index (κ2) is 8.81. The molecule has 0 atom stereocenters. The molecule has 2 aromatic carbocycles. The number of ether oxygens (including phenoxy) is 3. The van der Waals surface area contributed by atoms with Crippen LogP contribution >= 0.6 is 0 Å². The van der Waals surface area contributed by atoms with Crippen molar-refractivity contribution in [3.8, 4) is 17.2 Å². The van der Waals surface area contributed by atoms with Gasteiger partial charge in [0.25, 0.3) is 0 Å². The van der Waals surface area contributed by atoms with Crippen molar-refractivity contribution in [3.63, 3.8) is 0 Å². The Hall–Kier alpha value is -2.40. The minimum Gasteiger partial charge on any atom is -0.497 e. The van der Waals surface area contributed by atoms with Crippen LogP contribution in [0.4, 0.5) is 5.69 Å². The van der Waals surface area contributed by atoms with Crippen LogP contribution in [0.1, 0.15) is 5.56 Å². The summed E-state index contributed by atoms with van der Waals surface area (Å²) in [6.45, 7) is 5.33. The van der Waals surface area contributed by atoms with Crippen LogP contribution in [0.15, 0.2) is 42.5 Å². The average Bonchev–Trinajstić information content (AvgIpc) is 2.72. The Balaban J connectivity index is 1.49. The lowest BCUT2D eigenvalue weighted by molar-refractivity contribution is 0.261. The van der Waals surface area contributed by atoms with Crippen molar-refractivity contribution in [2.75, 3.05) is 59.0 Å². The lowest BCUT2D eigenvalue weighted by Gasteiger charge is -2.36. The zero-order valence-corrected chi connectivity index (χ0v) is 15.9. The van der Waals surface area contributed by atoms with Crippen LogP contribution in [0.3, 0.4) is 0 Å². The van der Waals surface area contributed by atoms with Crippen LogP contribution in [0, 0.1) is 0 Å². The topological polar surface area (TPSA) is 34.2 Å². The molecule has 0 unspecified atom stereocenters. The van der Waals surface area contributed by atoms with E-state index in [9.17, 15) is 0 Å². The molecule has 1 fully saturated rings. The van der Waals surface area contributed by atoms with E-state index in [2.05, 4.69) is 34.1 Å². The van der Waals surface area contributed by atoms with E-state index in [1.54, 1.807) is 21.3 Å². The Morgan fingerprint density at radius 2 is 1.46 bits per heavy atom. The third-order valence-electron chi connectivity index (χ3n) is 4.97. The second-order valence-corrected chi connectivity index (χ2v) is 6.47. The highest BCUT2D eigenvalue weighted by Gasteiger charge is 2.17. The van der Waals surface area contributed by atoms with Crippen molar-refractivity contribution < 1.29 is 14.2 Å². The molecule has 1 saturated heterocycles. The van der Waals surface area contributed by atoms with Crippen molar-refractivity contribution >= 4 is 5.69 Å². The summed E-state index contributed by atoms with van der Waals surface area (Å²) in [4.78, 5) is 4.96. The van der Waals surface area contributed by atoms with Gasteiger partial charge in [0, 0.05) is 38.4 Å². The maximum absolute atomic E-state index is 5.39. The predicted molar refractivity (Wildman–Crippen MR) is 105 cm³/mol. The Kier molecular flexibility index (Phi) is 6.23. The monoisotopic (exact) mass is 356 g/mol. The van der Waals surface area contributed by atoms with Crippen molar-refractivity contribution in [1.29, 1.82) is 0 Å². The first-order valence-electron chi connectivity index (χ1n) is 9.05. The summed E-state index contributed by atoms with van der Waals surface area (Å²) < 4.78 is 15.9. The molecule has 140 valence electrons. The maximum atomic E-state index is 5.39. The number of anilines is 1. The van der Waals surface area contributed by atoms with Gasteiger partial charge in [0.15, 0.2) is 11.5 Å². The molecule has 1 aliphatic rings. The molecule has 0 bridgehead atoms. The zero-order valence-electron chi connectivity index (χ0n) is 15.9. The van der Waals surface area contributed by atoms with E-state index in [4.69, 9.17) is 14.2 Å². The number of benzene rings is 2. The lowest BCUT2D eigenvalue weighted by Crippen LogP contribution is -2.46. The van der Waals surface area contributed by atoms with Crippen molar-refractivity contribution in [2.24, 2.45) is 0 Å². The molecule has 1 heterocycles. The molecule has 0 saturated carbocycles. The van der Waals surface area contributed by atoms with Crippen LogP contribution in [-0.4, -0.2) is 59.0 Å². The number of rotatable bonds is 7. The summed E-state index contributed by atoms with van der Waals surface area (Å²) in [5.41, 5.74) is 2.55. The molecule has 5 nitrogen and oxygen atoms in total. The highest BCUT2D eigenvalue weighted by Crippen LogP contribution is 2.28. The number of nitrogens with zero attached hydrogens (tertiary/aromatic N) is 2. The first kappa shape index (κ1) is 18.4. The van der Waals surface area contributed by atoms with Gasteiger partial charge in [-0.2, -0.15) is 0 Å². The highest BCUT2D eigenvalue weighted by molar-refractivity contribution is 5.49. The summed E-state index contributed by atoms with van der Waals surface area (Å²) in [5.74, 6) is 2.49. The van der Waals surface area contributed by atoms with Gasteiger partial charge in [-0.3, -0.25) is 4.90 Å². The summed E-state index contributed by atoms with van der Waals surface area (Å²) in [5, 5.41) is 0. The van der Waals surface area contributed by atoms with Gasteiger partial charge in [-0.05, 0) is 48.4 Å². The molecule has 0 aromatic heterocycles.